The van der Waals surface area contributed by atoms with Gasteiger partial charge in [0.15, 0.2) is 0 Å². The zero-order chi connectivity index (χ0) is 26.7. The summed E-state index contributed by atoms with van der Waals surface area (Å²) in [4.78, 5) is 26.6. The molecule has 8 heteroatoms. The van der Waals surface area contributed by atoms with Crippen LogP contribution >= 0.6 is 22.6 Å². The number of amides is 1. The molecular weight excluding hydrogens is 581 g/mol. The Morgan fingerprint density at radius 3 is 2.38 bits per heavy atom. The molecule has 7 nitrogen and oxygen atoms in total. The SMILES string of the molecule is CCN(CC)c1ccc2c(-c3ccc(NC(=O)CI)cc3C(=O)O)c3ccc(=[N+](C)CC)cc-3oc2c1. The van der Waals surface area contributed by atoms with Crippen LogP contribution in [-0.2, 0) is 4.79 Å². The number of aromatic carboxylic acids is 1. The van der Waals surface area contributed by atoms with E-state index in [1.807, 2.05) is 60.0 Å². The summed E-state index contributed by atoms with van der Waals surface area (Å²) in [6.07, 6.45) is 0. The molecule has 0 saturated heterocycles. The lowest BCUT2D eigenvalue weighted by atomic mass is 9.90. The van der Waals surface area contributed by atoms with Gasteiger partial charge in [0.25, 0.3) is 0 Å². The zero-order valence-electron chi connectivity index (χ0n) is 21.5. The van der Waals surface area contributed by atoms with Gasteiger partial charge in [0, 0.05) is 53.1 Å². The molecule has 2 aromatic rings. The molecule has 0 aromatic heterocycles. The standard InChI is InChI=1S/C29H30IN3O4/c1-5-32(4)19-9-12-22-25(15-19)37-26-16-20(33(6-2)7-3)10-13-23(26)28(22)21-11-8-18(31-27(34)17-30)14-24(21)29(35)36/h8-16H,5-7,17H2,1-4H3,(H,35,36)/p+1. The number of nitrogens with one attached hydrogen (secondary N) is 1. The van der Waals surface area contributed by atoms with Gasteiger partial charge in [0.2, 0.25) is 11.3 Å². The smallest absolute Gasteiger partial charge is 0.336 e. The zero-order valence-corrected chi connectivity index (χ0v) is 23.6. The Labute approximate surface area is 229 Å². The fraction of sp³-hybridized carbons (Fsp3) is 0.276. The molecule has 2 aliphatic rings. The van der Waals surface area contributed by atoms with Crippen LogP contribution in [0.5, 0.6) is 0 Å². The first kappa shape index (κ1) is 26.7. The lowest BCUT2D eigenvalue weighted by Crippen LogP contribution is -2.25. The van der Waals surface area contributed by atoms with Gasteiger partial charge in [-0.25, -0.2) is 9.37 Å². The van der Waals surface area contributed by atoms with Crippen molar-refractivity contribution in [3.63, 3.8) is 0 Å². The van der Waals surface area contributed by atoms with Crippen LogP contribution in [0.15, 0.2) is 59.0 Å². The van der Waals surface area contributed by atoms with Gasteiger partial charge in [0.1, 0.15) is 24.9 Å². The van der Waals surface area contributed by atoms with Crippen LogP contribution in [0.2, 0.25) is 0 Å². The summed E-state index contributed by atoms with van der Waals surface area (Å²) in [5.41, 5.74) is 4.47. The quantitative estimate of drug-likeness (QED) is 0.118. The van der Waals surface area contributed by atoms with Crippen LogP contribution in [-0.4, -0.2) is 48.1 Å². The van der Waals surface area contributed by atoms with Crippen molar-refractivity contribution in [1.29, 1.82) is 0 Å². The Hall–Kier alpha value is -3.40. The van der Waals surface area contributed by atoms with Gasteiger partial charge in [0.05, 0.1) is 16.1 Å². The van der Waals surface area contributed by atoms with E-state index in [2.05, 4.69) is 41.6 Å². The van der Waals surface area contributed by atoms with Gasteiger partial charge in [-0.3, -0.25) is 4.79 Å². The summed E-state index contributed by atoms with van der Waals surface area (Å²) in [6, 6.07) is 17.1. The number of alkyl halides is 1. The first-order valence-electron chi connectivity index (χ1n) is 12.3. The summed E-state index contributed by atoms with van der Waals surface area (Å²) in [5.74, 6) is -0.573. The maximum atomic E-state index is 12.4. The van der Waals surface area contributed by atoms with E-state index in [1.165, 1.54) is 6.07 Å². The molecule has 37 heavy (non-hydrogen) atoms. The van der Waals surface area contributed by atoms with Crippen LogP contribution in [0.4, 0.5) is 11.4 Å². The predicted molar refractivity (Wildman–Crippen MR) is 158 cm³/mol. The van der Waals surface area contributed by atoms with Gasteiger partial charge in [-0.15, -0.1) is 0 Å². The number of carbonyl (C=O) groups excluding carboxylic acids is 1. The van der Waals surface area contributed by atoms with E-state index in [-0.39, 0.29) is 15.9 Å². The molecule has 0 fully saturated rings. The van der Waals surface area contributed by atoms with Crippen LogP contribution in [0, 0.1) is 0 Å². The maximum Gasteiger partial charge on any atom is 0.336 e. The lowest BCUT2D eigenvalue weighted by molar-refractivity contribution is -0.113. The van der Waals surface area contributed by atoms with Crippen molar-refractivity contribution in [1.82, 2.24) is 4.58 Å². The number of hydrogen-bond donors (Lipinski definition) is 2. The molecule has 1 heterocycles. The number of carbonyl (C=O) groups is 2. The molecule has 192 valence electrons. The van der Waals surface area contributed by atoms with E-state index < -0.39 is 5.97 Å². The molecule has 0 bridgehead atoms. The van der Waals surface area contributed by atoms with Crippen molar-refractivity contribution < 1.29 is 19.1 Å². The average Bonchev–Trinajstić information content (AvgIpc) is 2.91. The van der Waals surface area contributed by atoms with Crippen LogP contribution in [0.3, 0.4) is 0 Å². The van der Waals surface area contributed by atoms with Crippen LogP contribution < -0.4 is 20.1 Å². The van der Waals surface area contributed by atoms with E-state index in [4.69, 9.17) is 4.42 Å². The molecule has 0 saturated carbocycles. The van der Waals surface area contributed by atoms with Crippen molar-refractivity contribution in [2.45, 2.75) is 20.8 Å². The van der Waals surface area contributed by atoms with Crippen molar-refractivity contribution in [3.8, 4) is 22.5 Å². The van der Waals surface area contributed by atoms with E-state index in [0.29, 0.717) is 22.6 Å². The molecule has 0 atom stereocenters. The van der Waals surface area contributed by atoms with E-state index >= 15 is 0 Å². The number of fused-ring (bicyclic) bond motifs is 2. The minimum Gasteiger partial charge on any atom is -0.478 e. The summed E-state index contributed by atoms with van der Waals surface area (Å²) in [7, 11) is 2.02. The molecule has 0 spiro atoms. The molecule has 1 aliphatic carbocycles. The number of nitrogens with zero attached hydrogens (tertiary/aromatic N) is 2. The second-order valence-corrected chi connectivity index (χ2v) is 9.53. The minimum atomic E-state index is -1.07. The van der Waals surface area contributed by atoms with Gasteiger partial charge < -0.3 is 19.7 Å². The molecule has 1 aliphatic heterocycles. The third-order valence-electron chi connectivity index (χ3n) is 6.66. The van der Waals surface area contributed by atoms with Gasteiger partial charge in [-0.2, -0.15) is 0 Å². The highest BCUT2D eigenvalue weighted by Crippen LogP contribution is 2.42. The molecular formula is C29H31IN3O4+. The van der Waals surface area contributed by atoms with E-state index in [0.717, 1.165) is 47.2 Å². The Kier molecular flexibility index (Phi) is 8.16. The fourth-order valence-corrected chi connectivity index (χ4v) is 4.77. The number of carboxylic acids is 1. The molecule has 4 rings (SSSR count). The Bertz CT molecular complexity index is 1520. The van der Waals surface area contributed by atoms with Crippen molar-refractivity contribution in [2.24, 2.45) is 0 Å². The molecule has 1 amide bonds. The van der Waals surface area contributed by atoms with Crippen LogP contribution in [0.1, 0.15) is 31.1 Å². The number of benzene rings is 3. The van der Waals surface area contributed by atoms with Crippen molar-refractivity contribution in [2.75, 3.05) is 41.3 Å². The van der Waals surface area contributed by atoms with Crippen molar-refractivity contribution in [3.05, 3.63) is 65.5 Å². The third kappa shape index (κ3) is 5.34. The topological polar surface area (TPSA) is 85.8 Å². The highest BCUT2D eigenvalue weighted by Gasteiger charge is 2.23. The molecule has 2 N–H and O–H groups in total. The number of carboxylic acid groups (broad SMARTS) is 1. The average molecular weight is 612 g/mol. The number of halogens is 1. The lowest BCUT2D eigenvalue weighted by Gasteiger charge is -2.22. The summed E-state index contributed by atoms with van der Waals surface area (Å²) < 4.78 is 8.86. The summed E-state index contributed by atoms with van der Waals surface area (Å²) >= 11 is 1.97. The largest absolute Gasteiger partial charge is 0.478 e. The van der Waals surface area contributed by atoms with Gasteiger partial charge in [-0.1, -0.05) is 28.7 Å². The Morgan fingerprint density at radius 2 is 1.73 bits per heavy atom. The fourth-order valence-electron chi connectivity index (χ4n) is 4.57. The predicted octanol–water partition coefficient (Wildman–Crippen LogP) is 5.54. The molecule has 0 radical (unpaired) electrons. The third-order valence-corrected chi connectivity index (χ3v) is 7.35. The van der Waals surface area contributed by atoms with Crippen molar-refractivity contribution >= 4 is 56.8 Å². The van der Waals surface area contributed by atoms with E-state index in [1.54, 1.807) is 12.1 Å². The minimum absolute atomic E-state index is 0.114. The van der Waals surface area contributed by atoms with E-state index in [9.17, 15) is 14.7 Å². The monoisotopic (exact) mass is 612 g/mol. The maximum absolute atomic E-state index is 12.4. The highest BCUT2D eigenvalue weighted by atomic mass is 127. The number of rotatable bonds is 8. The highest BCUT2D eigenvalue weighted by molar-refractivity contribution is 14.1. The molecule has 2 aromatic carbocycles. The first-order valence-corrected chi connectivity index (χ1v) is 13.9. The number of hydrogen-bond acceptors (Lipinski definition) is 4. The second kappa shape index (κ2) is 11.3. The summed E-state index contributed by atoms with van der Waals surface area (Å²) in [5, 5.41) is 14.8. The number of anilines is 2. The first-order chi connectivity index (χ1) is 17.8. The van der Waals surface area contributed by atoms with Gasteiger partial charge >= 0.3 is 5.97 Å². The molecule has 0 unspecified atom stereocenters. The second-order valence-electron chi connectivity index (χ2n) is 8.77. The van der Waals surface area contributed by atoms with Crippen LogP contribution in [0.25, 0.3) is 33.4 Å². The Morgan fingerprint density at radius 1 is 1.00 bits per heavy atom. The van der Waals surface area contributed by atoms with Gasteiger partial charge in [-0.05, 0) is 56.7 Å². The normalized spacial score (nSPS) is 12.0. The Balaban J connectivity index is 2.07. The summed E-state index contributed by atoms with van der Waals surface area (Å²) in [6.45, 7) is 8.87.